The summed E-state index contributed by atoms with van der Waals surface area (Å²) < 4.78 is 10.3. The number of para-hydroxylation sites is 1. The summed E-state index contributed by atoms with van der Waals surface area (Å²) in [7, 11) is 0. The van der Waals surface area contributed by atoms with E-state index in [1.165, 1.54) is 5.56 Å². The molecule has 0 aliphatic carbocycles. The van der Waals surface area contributed by atoms with Crippen LogP contribution in [0.1, 0.15) is 56.8 Å². The smallest absolute Gasteiger partial charge is 0.338 e. The number of esters is 2. The molecular weight excluding hydrogens is 464 g/mol. The van der Waals surface area contributed by atoms with Crippen molar-refractivity contribution in [2.24, 2.45) is 0 Å². The maximum absolute atomic E-state index is 12.3. The van der Waals surface area contributed by atoms with Crippen molar-refractivity contribution in [1.82, 2.24) is 0 Å². The third-order valence-electron chi connectivity index (χ3n) is 6.63. The predicted molar refractivity (Wildman–Crippen MR) is 142 cm³/mol. The summed E-state index contributed by atoms with van der Waals surface area (Å²) in [5.41, 5.74) is 8.84. The van der Waals surface area contributed by atoms with Crippen LogP contribution in [0.2, 0.25) is 0 Å². The Morgan fingerprint density at radius 3 is 1.97 bits per heavy atom. The van der Waals surface area contributed by atoms with Crippen LogP contribution in [0.4, 0.5) is 5.69 Å². The molecule has 0 spiro atoms. The van der Waals surface area contributed by atoms with Crippen molar-refractivity contribution in [1.29, 1.82) is 5.26 Å². The summed E-state index contributed by atoms with van der Waals surface area (Å²) in [6.45, 7) is 4.95. The second kappa shape index (κ2) is 10.2. The van der Waals surface area contributed by atoms with E-state index in [0.717, 1.165) is 52.2 Å². The number of anilines is 1. The second-order valence-electron chi connectivity index (χ2n) is 8.72. The summed E-state index contributed by atoms with van der Waals surface area (Å²) >= 11 is 0. The standard InChI is InChI=1S/C31H26N2O4/c1-3-36-30(34)23-12-8-20(9-13-23)27-25-7-5-6-22-17-19-33(29(22)25)26(16-18-32)28(27)21-10-14-24(15-11-21)31(35)37-4-2/h5-16H,3-4,17,19H2,1-2H3/b26-16+. The van der Waals surface area contributed by atoms with Gasteiger partial charge in [0.2, 0.25) is 0 Å². The average molecular weight is 491 g/mol. The molecule has 0 N–H and O–H groups in total. The van der Waals surface area contributed by atoms with Crippen LogP contribution < -0.4 is 4.90 Å². The molecule has 2 aliphatic heterocycles. The minimum atomic E-state index is -0.372. The molecule has 6 heteroatoms. The Kier molecular flexibility index (Phi) is 6.61. The number of hydrogen-bond donors (Lipinski definition) is 0. The molecule has 2 aliphatic rings. The zero-order valence-electron chi connectivity index (χ0n) is 20.8. The SMILES string of the molecule is CCOC(=O)c1ccc(C2=C(c3ccc(C(=O)OCC)cc3)c3cccc4c3N(CC4)/C2=C/C#N)cc1. The number of carbonyl (C=O) groups is 2. The van der Waals surface area contributed by atoms with Crippen LogP contribution in [0.15, 0.2) is 78.5 Å². The zero-order valence-corrected chi connectivity index (χ0v) is 20.8. The zero-order chi connectivity index (χ0) is 25.9. The number of ether oxygens (including phenoxy) is 2. The van der Waals surface area contributed by atoms with Crippen molar-refractivity contribution in [3.05, 3.63) is 112 Å². The van der Waals surface area contributed by atoms with Crippen LogP contribution in [0.3, 0.4) is 0 Å². The first-order chi connectivity index (χ1) is 18.1. The summed E-state index contributed by atoms with van der Waals surface area (Å²) in [6, 6.07) is 23.2. The Balaban J connectivity index is 1.73. The van der Waals surface area contributed by atoms with Crippen LogP contribution >= 0.6 is 0 Å². The largest absolute Gasteiger partial charge is 0.462 e. The van der Waals surface area contributed by atoms with Gasteiger partial charge in [0.15, 0.2) is 0 Å². The minimum Gasteiger partial charge on any atom is -0.462 e. The van der Waals surface area contributed by atoms with E-state index < -0.39 is 0 Å². The van der Waals surface area contributed by atoms with E-state index in [1.807, 2.05) is 24.3 Å². The van der Waals surface area contributed by atoms with Gasteiger partial charge >= 0.3 is 11.9 Å². The third-order valence-corrected chi connectivity index (χ3v) is 6.63. The Hall–Kier alpha value is -4.63. The number of nitriles is 1. The predicted octanol–water partition coefficient (Wildman–Crippen LogP) is 5.78. The molecule has 6 nitrogen and oxygen atoms in total. The number of benzene rings is 3. The fourth-order valence-electron chi connectivity index (χ4n) is 5.07. The molecule has 37 heavy (non-hydrogen) atoms. The first-order valence-electron chi connectivity index (χ1n) is 12.4. The molecule has 0 radical (unpaired) electrons. The van der Waals surface area contributed by atoms with Crippen LogP contribution in [-0.2, 0) is 15.9 Å². The van der Waals surface area contributed by atoms with Gasteiger partial charge in [-0.3, -0.25) is 0 Å². The van der Waals surface area contributed by atoms with Gasteiger partial charge in [0.1, 0.15) is 0 Å². The number of carbonyl (C=O) groups excluding carboxylic acids is 2. The second-order valence-corrected chi connectivity index (χ2v) is 8.72. The van der Waals surface area contributed by atoms with Gasteiger partial charge in [-0.25, -0.2) is 9.59 Å². The highest BCUT2D eigenvalue weighted by molar-refractivity contribution is 6.12. The van der Waals surface area contributed by atoms with Gasteiger partial charge in [-0.1, -0.05) is 42.5 Å². The van der Waals surface area contributed by atoms with E-state index in [4.69, 9.17) is 9.47 Å². The quantitative estimate of drug-likeness (QED) is 0.322. The molecule has 184 valence electrons. The van der Waals surface area contributed by atoms with Gasteiger partial charge in [-0.15, -0.1) is 0 Å². The van der Waals surface area contributed by atoms with Gasteiger partial charge in [0, 0.05) is 29.3 Å². The Bertz CT molecular complexity index is 1480. The molecule has 3 aromatic rings. The van der Waals surface area contributed by atoms with Crippen LogP contribution in [0.5, 0.6) is 0 Å². The molecule has 0 amide bonds. The van der Waals surface area contributed by atoms with E-state index >= 15 is 0 Å². The van der Waals surface area contributed by atoms with Crippen LogP contribution in [-0.4, -0.2) is 31.7 Å². The first-order valence-corrected chi connectivity index (χ1v) is 12.4. The fourth-order valence-corrected chi connectivity index (χ4v) is 5.07. The average Bonchev–Trinajstić information content (AvgIpc) is 3.36. The molecule has 0 aromatic heterocycles. The fraction of sp³-hybridized carbons (Fsp3) is 0.194. The van der Waals surface area contributed by atoms with Crippen molar-refractivity contribution >= 4 is 28.8 Å². The number of hydrogen-bond acceptors (Lipinski definition) is 6. The topological polar surface area (TPSA) is 79.6 Å². The highest BCUT2D eigenvalue weighted by Gasteiger charge is 2.35. The lowest BCUT2D eigenvalue weighted by Crippen LogP contribution is -2.25. The molecule has 0 bridgehead atoms. The molecule has 0 unspecified atom stereocenters. The Morgan fingerprint density at radius 1 is 0.865 bits per heavy atom. The lowest BCUT2D eigenvalue weighted by atomic mass is 9.83. The lowest BCUT2D eigenvalue weighted by Gasteiger charge is -2.34. The van der Waals surface area contributed by atoms with Crippen molar-refractivity contribution in [2.75, 3.05) is 24.7 Å². The summed E-state index contributed by atoms with van der Waals surface area (Å²) in [5.74, 6) is -0.734. The molecule has 0 saturated heterocycles. The van der Waals surface area contributed by atoms with Gasteiger partial charge in [0.25, 0.3) is 0 Å². The lowest BCUT2D eigenvalue weighted by molar-refractivity contribution is 0.0516. The number of nitrogens with zero attached hydrogens (tertiary/aromatic N) is 2. The third kappa shape index (κ3) is 4.30. The molecule has 0 fully saturated rings. The van der Waals surface area contributed by atoms with E-state index in [0.29, 0.717) is 24.3 Å². The normalized spacial score (nSPS) is 14.8. The van der Waals surface area contributed by atoms with E-state index in [2.05, 4.69) is 29.2 Å². The molecule has 5 rings (SSSR count). The monoisotopic (exact) mass is 490 g/mol. The summed E-state index contributed by atoms with van der Waals surface area (Å²) in [4.78, 5) is 26.7. The van der Waals surface area contributed by atoms with E-state index in [1.54, 1.807) is 44.2 Å². The van der Waals surface area contributed by atoms with Crippen LogP contribution in [0, 0.1) is 11.3 Å². The Morgan fingerprint density at radius 2 is 1.43 bits per heavy atom. The molecular formula is C31H26N2O4. The summed E-state index contributed by atoms with van der Waals surface area (Å²) in [5, 5.41) is 9.75. The van der Waals surface area contributed by atoms with Crippen molar-refractivity contribution < 1.29 is 19.1 Å². The van der Waals surface area contributed by atoms with E-state index in [9.17, 15) is 14.9 Å². The molecule has 0 atom stereocenters. The molecule has 0 saturated carbocycles. The van der Waals surface area contributed by atoms with Crippen molar-refractivity contribution in [3.63, 3.8) is 0 Å². The maximum atomic E-state index is 12.3. The van der Waals surface area contributed by atoms with Gasteiger partial charge in [0.05, 0.1) is 41.8 Å². The molecule has 3 aromatic carbocycles. The van der Waals surface area contributed by atoms with Crippen molar-refractivity contribution in [2.45, 2.75) is 20.3 Å². The van der Waals surface area contributed by atoms with Gasteiger partial charge < -0.3 is 14.4 Å². The van der Waals surface area contributed by atoms with Crippen molar-refractivity contribution in [3.8, 4) is 6.07 Å². The van der Waals surface area contributed by atoms with E-state index in [-0.39, 0.29) is 11.9 Å². The highest BCUT2D eigenvalue weighted by Crippen LogP contribution is 2.50. The number of rotatable bonds is 6. The van der Waals surface area contributed by atoms with Gasteiger partial charge in [-0.2, -0.15) is 5.26 Å². The minimum absolute atomic E-state index is 0.306. The molecule has 2 heterocycles. The van der Waals surface area contributed by atoms with Crippen LogP contribution in [0.25, 0.3) is 11.1 Å². The first kappa shape index (κ1) is 24.1. The number of allylic oxidation sites excluding steroid dienone is 2. The highest BCUT2D eigenvalue weighted by atomic mass is 16.5. The maximum Gasteiger partial charge on any atom is 0.338 e. The Labute approximate surface area is 216 Å². The van der Waals surface area contributed by atoms with Gasteiger partial charge in [-0.05, 0) is 61.2 Å². The summed E-state index contributed by atoms with van der Waals surface area (Å²) in [6.07, 6.45) is 2.47.